The molecule has 1 aliphatic heterocycles. The van der Waals surface area contributed by atoms with Crippen LogP contribution >= 0.6 is 0 Å². The fraction of sp³-hybridized carbons (Fsp3) is 0.500. The van der Waals surface area contributed by atoms with E-state index < -0.39 is 0 Å². The van der Waals surface area contributed by atoms with E-state index in [-0.39, 0.29) is 6.04 Å². The number of aromatic nitrogens is 2. The third kappa shape index (κ3) is 4.80. The lowest BCUT2D eigenvalue weighted by molar-refractivity contribution is 0.239. The molecule has 0 spiro atoms. The molecule has 1 atom stereocenters. The zero-order valence-corrected chi connectivity index (χ0v) is 16.5. The topological polar surface area (TPSA) is 66.7 Å². The number of likely N-dealkylation sites (tertiary alicyclic amines) is 1. The van der Waals surface area contributed by atoms with Crippen molar-refractivity contribution in [3.8, 4) is 5.75 Å². The molecule has 1 aliphatic rings. The molecule has 2 N–H and O–H groups in total. The number of hydrogen-bond donors (Lipinski definition) is 2. The van der Waals surface area contributed by atoms with Crippen LogP contribution in [0.5, 0.6) is 5.75 Å². The van der Waals surface area contributed by atoms with Gasteiger partial charge in [0, 0.05) is 32.4 Å². The van der Waals surface area contributed by atoms with Gasteiger partial charge in [-0.3, -0.25) is 14.6 Å². The van der Waals surface area contributed by atoms with E-state index in [2.05, 4.69) is 37.8 Å². The number of para-hydroxylation sites is 1. The third-order valence-electron chi connectivity index (χ3n) is 5.13. The second-order valence-electron chi connectivity index (χ2n) is 6.75. The molecule has 3 rings (SSSR count). The van der Waals surface area contributed by atoms with E-state index in [1.54, 1.807) is 20.4 Å². The summed E-state index contributed by atoms with van der Waals surface area (Å²) in [6, 6.07) is 10.5. The highest BCUT2D eigenvalue weighted by Gasteiger charge is 2.26. The Balaban J connectivity index is 1.67. The van der Waals surface area contributed by atoms with Crippen molar-refractivity contribution in [1.29, 1.82) is 0 Å². The predicted molar refractivity (Wildman–Crippen MR) is 108 cm³/mol. The average Bonchev–Trinajstić information content (AvgIpc) is 3.37. The molecule has 0 aliphatic carbocycles. The SMILES string of the molecule is CN=C(NCc1ccnn1C)NCC(c1ccccc1OC)N1CCCC1. The molecule has 1 aromatic carbocycles. The van der Waals surface area contributed by atoms with Crippen LogP contribution in [-0.2, 0) is 13.6 Å². The summed E-state index contributed by atoms with van der Waals surface area (Å²) >= 11 is 0. The molecule has 146 valence electrons. The standard InChI is InChI=1S/C20H30N6O/c1-21-20(22-14-16-10-11-24-25(16)2)23-15-18(26-12-6-7-13-26)17-8-4-5-9-19(17)27-3/h4-5,8-11,18H,6-7,12-15H2,1-3H3,(H2,21,22,23). The van der Waals surface area contributed by atoms with E-state index in [1.807, 2.05) is 29.9 Å². The number of nitrogens with one attached hydrogen (secondary N) is 2. The Morgan fingerprint density at radius 2 is 2.00 bits per heavy atom. The molecule has 0 radical (unpaired) electrons. The van der Waals surface area contributed by atoms with Gasteiger partial charge in [-0.25, -0.2) is 0 Å². The Labute approximate surface area is 161 Å². The Kier molecular flexibility index (Phi) is 6.70. The minimum Gasteiger partial charge on any atom is -0.496 e. The number of aryl methyl sites for hydroxylation is 1. The van der Waals surface area contributed by atoms with Crippen molar-refractivity contribution >= 4 is 5.96 Å². The van der Waals surface area contributed by atoms with E-state index in [9.17, 15) is 0 Å². The lowest BCUT2D eigenvalue weighted by Crippen LogP contribution is -2.42. The Hall–Kier alpha value is -2.54. The maximum Gasteiger partial charge on any atom is 0.191 e. The van der Waals surface area contributed by atoms with Crippen LogP contribution < -0.4 is 15.4 Å². The molecule has 2 aromatic rings. The fourth-order valence-corrected chi connectivity index (χ4v) is 3.59. The minimum absolute atomic E-state index is 0.249. The van der Waals surface area contributed by atoms with E-state index in [0.717, 1.165) is 37.0 Å². The molecule has 1 saturated heterocycles. The Bertz CT molecular complexity index is 750. The number of hydrogen-bond acceptors (Lipinski definition) is 4. The van der Waals surface area contributed by atoms with Crippen LogP contribution in [0.15, 0.2) is 41.5 Å². The molecule has 2 heterocycles. The summed E-state index contributed by atoms with van der Waals surface area (Å²) in [4.78, 5) is 6.89. The molecule has 1 aromatic heterocycles. The lowest BCUT2D eigenvalue weighted by atomic mass is 10.0. The zero-order chi connectivity index (χ0) is 19.1. The Morgan fingerprint density at radius 1 is 1.22 bits per heavy atom. The van der Waals surface area contributed by atoms with Crippen molar-refractivity contribution in [1.82, 2.24) is 25.3 Å². The average molecular weight is 371 g/mol. The van der Waals surface area contributed by atoms with Gasteiger partial charge in [-0.15, -0.1) is 0 Å². The number of nitrogens with zero attached hydrogens (tertiary/aromatic N) is 4. The first-order chi connectivity index (χ1) is 13.2. The number of methoxy groups -OCH3 is 1. The van der Waals surface area contributed by atoms with E-state index in [1.165, 1.54) is 18.4 Å². The number of guanidine groups is 1. The first kappa shape index (κ1) is 19.2. The monoisotopic (exact) mass is 370 g/mol. The smallest absolute Gasteiger partial charge is 0.191 e. The molecule has 27 heavy (non-hydrogen) atoms. The molecule has 7 heteroatoms. The summed E-state index contributed by atoms with van der Waals surface area (Å²) in [6.07, 6.45) is 4.30. The second kappa shape index (κ2) is 9.41. The van der Waals surface area contributed by atoms with Crippen LogP contribution in [-0.4, -0.2) is 54.4 Å². The quantitative estimate of drug-likeness (QED) is 0.576. The van der Waals surface area contributed by atoms with Gasteiger partial charge in [0.25, 0.3) is 0 Å². The molecular weight excluding hydrogens is 340 g/mol. The van der Waals surface area contributed by atoms with Crippen LogP contribution in [0, 0.1) is 0 Å². The van der Waals surface area contributed by atoms with Gasteiger partial charge >= 0.3 is 0 Å². The van der Waals surface area contributed by atoms with Gasteiger partial charge in [0.2, 0.25) is 0 Å². The highest BCUT2D eigenvalue weighted by molar-refractivity contribution is 5.79. The number of aliphatic imine (C=N–C) groups is 1. The maximum absolute atomic E-state index is 5.62. The molecule has 0 amide bonds. The second-order valence-corrected chi connectivity index (χ2v) is 6.75. The summed E-state index contributed by atoms with van der Waals surface area (Å²) in [5, 5.41) is 11.1. The maximum atomic E-state index is 5.62. The number of rotatable bonds is 7. The van der Waals surface area contributed by atoms with Crippen LogP contribution in [0.25, 0.3) is 0 Å². The van der Waals surface area contributed by atoms with Crippen molar-refractivity contribution in [2.75, 3.05) is 33.8 Å². The minimum atomic E-state index is 0.249. The van der Waals surface area contributed by atoms with Crippen molar-refractivity contribution < 1.29 is 4.74 Å². The molecular formula is C20H30N6O. The summed E-state index contributed by atoms with van der Waals surface area (Å²) in [7, 11) is 5.48. The van der Waals surface area contributed by atoms with Crippen LogP contribution in [0.3, 0.4) is 0 Å². The first-order valence-electron chi connectivity index (χ1n) is 9.51. The van der Waals surface area contributed by atoms with Gasteiger partial charge in [-0.1, -0.05) is 18.2 Å². The number of ether oxygens (including phenoxy) is 1. The highest BCUT2D eigenvalue weighted by atomic mass is 16.5. The van der Waals surface area contributed by atoms with Crippen molar-refractivity contribution in [3.05, 3.63) is 47.8 Å². The Morgan fingerprint density at radius 3 is 2.67 bits per heavy atom. The predicted octanol–water partition coefficient (Wildman–Crippen LogP) is 1.93. The van der Waals surface area contributed by atoms with Gasteiger partial charge in [0.05, 0.1) is 25.4 Å². The lowest BCUT2D eigenvalue weighted by Gasteiger charge is -2.30. The summed E-state index contributed by atoms with van der Waals surface area (Å²) in [6.45, 7) is 3.68. The largest absolute Gasteiger partial charge is 0.496 e. The van der Waals surface area contributed by atoms with Crippen LogP contribution in [0.4, 0.5) is 0 Å². The first-order valence-corrected chi connectivity index (χ1v) is 9.51. The summed E-state index contributed by atoms with van der Waals surface area (Å²) < 4.78 is 7.48. The van der Waals surface area contributed by atoms with E-state index >= 15 is 0 Å². The van der Waals surface area contributed by atoms with Gasteiger partial charge in [-0.05, 0) is 38.1 Å². The molecule has 0 saturated carbocycles. The van der Waals surface area contributed by atoms with E-state index in [0.29, 0.717) is 6.54 Å². The van der Waals surface area contributed by atoms with Gasteiger partial charge < -0.3 is 15.4 Å². The normalized spacial score (nSPS) is 16.3. The molecule has 1 unspecified atom stereocenters. The number of benzene rings is 1. The third-order valence-corrected chi connectivity index (χ3v) is 5.13. The van der Waals surface area contributed by atoms with Crippen LogP contribution in [0.1, 0.15) is 30.1 Å². The van der Waals surface area contributed by atoms with Crippen LogP contribution in [0.2, 0.25) is 0 Å². The van der Waals surface area contributed by atoms with Crippen molar-refractivity contribution in [3.63, 3.8) is 0 Å². The van der Waals surface area contributed by atoms with Gasteiger partial charge in [-0.2, -0.15) is 5.10 Å². The molecule has 7 nitrogen and oxygen atoms in total. The fourth-order valence-electron chi connectivity index (χ4n) is 3.59. The molecule has 1 fully saturated rings. The highest BCUT2D eigenvalue weighted by Crippen LogP contribution is 2.31. The van der Waals surface area contributed by atoms with Gasteiger partial charge in [0.15, 0.2) is 5.96 Å². The summed E-state index contributed by atoms with van der Waals surface area (Å²) in [5.74, 6) is 1.73. The van der Waals surface area contributed by atoms with E-state index in [4.69, 9.17) is 4.74 Å². The van der Waals surface area contributed by atoms with Crippen molar-refractivity contribution in [2.24, 2.45) is 12.0 Å². The summed E-state index contributed by atoms with van der Waals surface area (Å²) in [5.41, 5.74) is 2.33. The zero-order valence-electron chi connectivity index (χ0n) is 16.5. The molecule has 0 bridgehead atoms. The van der Waals surface area contributed by atoms with Crippen molar-refractivity contribution in [2.45, 2.75) is 25.4 Å². The van der Waals surface area contributed by atoms with Gasteiger partial charge in [0.1, 0.15) is 5.75 Å².